The van der Waals surface area contributed by atoms with Gasteiger partial charge in [-0.2, -0.15) is 0 Å². The van der Waals surface area contributed by atoms with Crippen LogP contribution in [0.5, 0.6) is 0 Å². The molecular weight excluding hydrogens is 449 g/mol. The van der Waals surface area contributed by atoms with Crippen LogP contribution in [0.3, 0.4) is 0 Å². The highest BCUT2D eigenvalue weighted by molar-refractivity contribution is 6.23. The lowest BCUT2D eigenvalue weighted by molar-refractivity contribution is -0.139. The van der Waals surface area contributed by atoms with Crippen molar-refractivity contribution < 1.29 is 14.4 Å². The number of carbonyl (C=O) groups excluding carboxylic acids is 3. The summed E-state index contributed by atoms with van der Waals surface area (Å²) in [6.07, 6.45) is 10.3. The highest BCUT2D eigenvalue weighted by Gasteiger charge is 2.49. The van der Waals surface area contributed by atoms with E-state index < -0.39 is 0 Å². The first kappa shape index (κ1) is 22.6. The highest BCUT2D eigenvalue weighted by atomic mass is 35.5. The fraction of sp³-hybridized carbons (Fsp3) is 0.833. The Labute approximate surface area is 200 Å². The van der Waals surface area contributed by atoms with Crippen LogP contribution in [0, 0.1) is 17.8 Å². The van der Waals surface area contributed by atoms with Crippen molar-refractivity contribution in [1.29, 1.82) is 0 Å². The standard InChI is InChI=1S/C24H33Cl2N3O3/c25-14-9-10-18(26)20(13-14)29-21(27-19-8-4-3-7-17(19)24(29)32)11-12-28-22(30)15-5-1-2-6-16(15)23(28)31/h14-20H,1-13H2. The maximum Gasteiger partial charge on any atom is 0.233 e. The zero-order chi connectivity index (χ0) is 22.4. The average molecular weight is 482 g/mol. The number of hydrogen-bond donors (Lipinski definition) is 0. The molecule has 0 radical (unpaired) electrons. The van der Waals surface area contributed by atoms with Crippen molar-refractivity contribution in [2.75, 3.05) is 6.54 Å². The van der Waals surface area contributed by atoms with Crippen LogP contribution >= 0.6 is 23.2 Å². The Balaban J connectivity index is 1.38. The maximum absolute atomic E-state index is 13.6. The van der Waals surface area contributed by atoms with Gasteiger partial charge in [0.05, 0.1) is 35.2 Å². The van der Waals surface area contributed by atoms with Crippen molar-refractivity contribution in [2.24, 2.45) is 22.7 Å². The third kappa shape index (κ3) is 4.00. The van der Waals surface area contributed by atoms with Gasteiger partial charge in [0.15, 0.2) is 0 Å². The molecule has 0 aromatic heterocycles. The van der Waals surface area contributed by atoms with E-state index >= 15 is 0 Å². The number of aliphatic imine (C=N–C) groups is 1. The van der Waals surface area contributed by atoms with Gasteiger partial charge in [0.25, 0.3) is 0 Å². The second kappa shape index (κ2) is 9.25. The molecular formula is C24H33Cl2N3O3. The van der Waals surface area contributed by atoms with Gasteiger partial charge in [0.1, 0.15) is 5.84 Å². The smallest absolute Gasteiger partial charge is 0.233 e. The molecule has 0 spiro atoms. The molecule has 6 nitrogen and oxygen atoms in total. The Morgan fingerprint density at radius 2 is 1.41 bits per heavy atom. The maximum atomic E-state index is 13.6. The molecule has 5 rings (SSSR count). The number of fused-ring (bicyclic) bond motifs is 2. The number of halogens is 2. The number of carbonyl (C=O) groups is 3. The summed E-state index contributed by atoms with van der Waals surface area (Å²) < 4.78 is 0. The van der Waals surface area contributed by atoms with E-state index in [1.807, 2.05) is 4.90 Å². The molecule has 0 aromatic carbocycles. The topological polar surface area (TPSA) is 70.0 Å². The minimum absolute atomic E-state index is 0.00186. The van der Waals surface area contributed by atoms with Crippen LogP contribution in [-0.2, 0) is 14.4 Å². The Hall–Kier alpha value is -1.14. The number of amides is 3. The van der Waals surface area contributed by atoms with Gasteiger partial charge in [-0.05, 0) is 44.9 Å². The van der Waals surface area contributed by atoms with Crippen molar-refractivity contribution in [3.05, 3.63) is 0 Å². The van der Waals surface area contributed by atoms with Crippen molar-refractivity contribution in [1.82, 2.24) is 9.80 Å². The van der Waals surface area contributed by atoms with E-state index in [1.165, 1.54) is 4.90 Å². The van der Waals surface area contributed by atoms with Gasteiger partial charge in [-0.1, -0.05) is 25.7 Å². The van der Waals surface area contributed by atoms with E-state index in [9.17, 15) is 14.4 Å². The Bertz CT molecular complexity index is 794. The van der Waals surface area contributed by atoms with Crippen LogP contribution in [0.2, 0.25) is 0 Å². The summed E-state index contributed by atoms with van der Waals surface area (Å²) in [6, 6.07) is -0.158. The van der Waals surface area contributed by atoms with Crippen LogP contribution in [0.25, 0.3) is 0 Å². The van der Waals surface area contributed by atoms with E-state index in [4.69, 9.17) is 28.2 Å². The first-order valence-corrected chi connectivity index (χ1v) is 13.4. The summed E-state index contributed by atoms with van der Waals surface area (Å²) in [5.41, 5.74) is 0. The lowest BCUT2D eigenvalue weighted by atomic mass is 9.81. The Kier molecular flexibility index (Phi) is 6.54. The molecule has 8 heteroatoms. The number of amidine groups is 1. The number of imide groups is 1. The van der Waals surface area contributed by atoms with Crippen molar-refractivity contribution in [2.45, 2.75) is 99.9 Å². The van der Waals surface area contributed by atoms with Crippen molar-refractivity contribution in [3.63, 3.8) is 0 Å². The molecule has 0 aromatic rings. The summed E-state index contributed by atoms with van der Waals surface area (Å²) in [4.78, 5) is 47.8. The number of nitrogens with zero attached hydrogens (tertiary/aromatic N) is 3. The lowest BCUT2D eigenvalue weighted by Crippen LogP contribution is -2.58. The van der Waals surface area contributed by atoms with E-state index in [2.05, 4.69) is 0 Å². The Morgan fingerprint density at radius 3 is 2.09 bits per heavy atom. The number of hydrogen-bond acceptors (Lipinski definition) is 4. The summed E-state index contributed by atoms with van der Waals surface area (Å²) in [7, 11) is 0. The molecule has 5 aliphatic rings. The van der Waals surface area contributed by atoms with Crippen LogP contribution in [0.4, 0.5) is 0 Å². The van der Waals surface area contributed by atoms with E-state index in [0.717, 1.165) is 64.2 Å². The minimum Gasteiger partial charge on any atom is -0.296 e. The van der Waals surface area contributed by atoms with E-state index in [-0.39, 0.29) is 58.3 Å². The molecule has 3 saturated carbocycles. The average Bonchev–Trinajstić information content (AvgIpc) is 3.04. The molecule has 7 atom stereocenters. The molecule has 3 amide bonds. The summed E-state index contributed by atoms with van der Waals surface area (Å²) in [5.74, 6) is 0.394. The normalized spacial score (nSPS) is 40.2. The van der Waals surface area contributed by atoms with E-state index in [1.54, 1.807) is 0 Å². The number of likely N-dealkylation sites (tertiary alicyclic amines) is 1. The molecule has 7 unspecified atom stereocenters. The molecule has 2 heterocycles. The second-order valence-corrected chi connectivity index (χ2v) is 11.5. The number of alkyl halides is 2. The monoisotopic (exact) mass is 481 g/mol. The SMILES string of the molecule is O=C1C2CCCCC2C(=O)N1CCC1=NC2CCCCC2C(=O)N1C1CC(Cl)CCC1Cl. The van der Waals surface area contributed by atoms with Crippen LogP contribution < -0.4 is 0 Å². The molecule has 176 valence electrons. The number of rotatable bonds is 4. The van der Waals surface area contributed by atoms with E-state index in [0.29, 0.717) is 25.2 Å². The van der Waals surface area contributed by atoms with Gasteiger partial charge in [-0.25, -0.2) is 0 Å². The molecule has 2 aliphatic heterocycles. The third-order valence-electron chi connectivity index (χ3n) is 8.37. The predicted molar refractivity (Wildman–Crippen MR) is 124 cm³/mol. The largest absolute Gasteiger partial charge is 0.296 e. The van der Waals surface area contributed by atoms with Crippen molar-refractivity contribution >= 4 is 46.8 Å². The molecule has 4 fully saturated rings. The Morgan fingerprint density at radius 1 is 0.781 bits per heavy atom. The van der Waals surface area contributed by atoms with Gasteiger partial charge in [0.2, 0.25) is 17.7 Å². The molecule has 32 heavy (non-hydrogen) atoms. The zero-order valence-corrected chi connectivity index (χ0v) is 20.1. The van der Waals surface area contributed by atoms with Gasteiger partial charge in [-0.15, -0.1) is 23.2 Å². The molecule has 0 bridgehead atoms. The third-order valence-corrected chi connectivity index (χ3v) is 9.28. The van der Waals surface area contributed by atoms with Gasteiger partial charge in [-0.3, -0.25) is 29.2 Å². The molecule has 0 N–H and O–H groups in total. The van der Waals surface area contributed by atoms with Gasteiger partial charge < -0.3 is 0 Å². The summed E-state index contributed by atoms with van der Waals surface area (Å²) in [5, 5.41) is -0.157. The summed E-state index contributed by atoms with van der Waals surface area (Å²) >= 11 is 13.2. The lowest BCUT2D eigenvalue weighted by Gasteiger charge is -2.45. The minimum atomic E-state index is -0.172. The highest BCUT2D eigenvalue weighted by Crippen LogP contribution is 2.40. The fourth-order valence-electron chi connectivity index (χ4n) is 6.64. The zero-order valence-electron chi connectivity index (χ0n) is 18.6. The summed E-state index contributed by atoms with van der Waals surface area (Å²) in [6.45, 7) is 0.300. The molecule has 1 saturated heterocycles. The van der Waals surface area contributed by atoms with Crippen molar-refractivity contribution in [3.8, 4) is 0 Å². The fourth-order valence-corrected chi connectivity index (χ4v) is 7.29. The predicted octanol–water partition coefficient (Wildman–Crippen LogP) is 4.12. The van der Waals surface area contributed by atoms with Gasteiger partial charge in [0, 0.05) is 18.3 Å². The van der Waals surface area contributed by atoms with Gasteiger partial charge >= 0.3 is 0 Å². The quantitative estimate of drug-likeness (QED) is 0.447. The molecule has 3 aliphatic carbocycles. The van der Waals surface area contributed by atoms with Crippen LogP contribution in [-0.4, -0.2) is 62.7 Å². The first-order valence-electron chi connectivity index (χ1n) is 12.5. The van der Waals surface area contributed by atoms with Crippen LogP contribution in [0.15, 0.2) is 4.99 Å². The van der Waals surface area contributed by atoms with Crippen LogP contribution in [0.1, 0.15) is 77.0 Å². The second-order valence-electron chi connectivity index (χ2n) is 10.3. The first-order chi connectivity index (χ1) is 15.5.